The average Bonchev–Trinajstić information content (AvgIpc) is 2.59. The number of nitrogens with two attached hydrogens (primary N) is 1. The van der Waals surface area contributed by atoms with Crippen molar-refractivity contribution in [3.63, 3.8) is 0 Å². The predicted molar refractivity (Wildman–Crippen MR) is 86.1 cm³/mol. The van der Waals surface area contributed by atoms with E-state index in [2.05, 4.69) is 4.74 Å². The molecular weight excluding hydrogens is 339 g/mol. The van der Waals surface area contributed by atoms with Crippen molar-refractivity contribution < 1.29 is 27.4 Å². The molecule has 1 aromatic rings. The number of carbonyl (C=O) groups excluding carboxylic acids is 1. The lowest BCUT2D eigenvalue weighted by atomic mass is 10.1. The van der Waals surface area contributed by atoms with Gasteiger partial charge in [-0.15, -0.1) is 0 Å². The largest absolute Gasteiger partial charge is 0.465 e. The van der Waals surface area contributed by atoms with Crippen LogP contribution in [-0.2, 0) is 9.47 Å². The van der Waals surface area contributed by atoms with Crippen molar-refractivity contribution in [3.8, 4) is 0 Å². The molecule has 1 aromatic carbocycles. The van der Waals surface area contributed by atoms with E-state index in [9.17, 15) is 18.0 Å². The molecule has 0 saturated carbocycles. The minimum absolute atomic E-state index is 0.162. The van der Waals surface area contributed by atoms with Gasteiger partial charge in [-0.25, -0.2) is 4.79 Å². The number of carbonyl (C=O) groups is 1. The minimum Gasteiger partial charge on any atom is -0.465 e. The third kappa shape index (κ3) is 5.07. The molecule has 2 unspecified atom stereocenters. The van der Waals surface area contributed by atoms with Gasteiger partial charge in [-0.2, -0.15) is 13.2 Å². The Kier molecular flexibility index (Phi) is 6.26. The van der Waals surface area contributed by atoms with Gasteiger partial charge in [-0.3, -0.25) is 4.90 Å². The van der Waals surface area contributed by atoms with Crippen molar-refractivity contribution in [2.75, 3.05) is 38.8 Å². The van der Waals surface area contributed by atoms with Crippen LogP contribution >= 0.6 is 0 Å². The third-order valence-corrected chi connectivity index (χ3v) is 4.16. The second-order valence-corrected chi connectivity index (χ2v) is 5.81. The molecule has 1 aliphatic heterocycles. The zero-order valence-electron chi connectivity index (χ0n) is 14.1. The topological polar surface area (TPSA) is 68.0 Å². The molecule has 1 fully saturated rings. The summed E-state index contributed by atoms with van der Waals surface area (Å²) in [6, 6.07) is 6.69. The van der Waals surface area contributed by atoms with Gasteiger partial charge in [0.2, 0.25) is 0 Å². The van der Waals surface area contributed by atoms with Gasteiger partial charge in [0, 0.05) is 25.9 Å². The average molecular weight is 361 g/mol. The highest BCUT2D eigenvalue weighted by molar-refractivity contribution is 5.89. The Labute approximate surface area is 144 Å². The smallest absolute Gasteiger partial charge is 0.390 e. The Balaban J connectivity index is 2.07. The van der Waals surface area contributed by atoms with Crippen molar-refractivity contribution in [1.29, 1.82) is 0 Å². The maximum absolute atomic E-state index is 12.5. The summed E-state index contributed by atoms with van der Waals surface area (Å²) in [6.07, 6.45) is -6.11. The van der Waals surface area contributed by atoms with Gasteiger partial charge < -0.3 is 20.1 Å². The molecule has 0 amide bonds. The second-order valence-electron chi connectivity index (χ2n) is 5.81. The molecule has 1 heterocycles. The molecule has 0 radical (unpaired) electrons. The maximum atomic E-state index is 12.5. The van der Waals surface area contributed by atoms with Gasteiger partial charge in [0.05, 0.1) is 31.8 Å². The quantitative estimate of drug-likeness (QED) is 0.807. The molecule has 0 spiro atoms. The van der Waals surface area contributed by atoms with Crippen molar-refractivity contribution in [3.05, 3.63) is 29.8 Å². The van der Waals surface area contributed by atoms with Crippen LogP contribution in [0.15, 0.2) is 24.3 Å². The van der Waals surface area contributed by atoms with Gasteiger partial charge in [0.15, 0.2) is 0 Å². The number of piperazine rings is 1. The Bertz CT molecular complexity index is 580. The molecule has 2 atom stereocenters. The Morgan fingerprint density at radius 3 is 2.40 bits per heavy atom. The first-order valence-corrected chi connectivity index (χ1v) is 7.79. The van der Waals surface area contributed by atoms with Gasteiger partial charge in [0.1, 0.15) is 6.23 Å². The molecule has 6 nitrogen and oxygen atoms in total. The lowest BCUT2D eigenvalue weighted by Crippen LogP contribution is -2.62. The standard InChI is InChI=1S/C16H22F3N3O3/c1-24-14-10-22(12-5-3-11(4-6-12)15(23)25-2)13(20)9-21(14)8-7-16(17,18)19/h3-6,13-14H,7-10,20H2,1-2H3. The van der Waals surface area contributed by atoms with E-state index in [0.29, 0.717) is 12.1 Å². The van der Waals surface area contributed by atoms with Crippen molar-refractivity contribution >= 4 is 11.7 Å². The summed E-state index contributed by atoms with van der Waals surface area (Å²) < 4.78 is 47.4. The van der Waals surface area contributed by atoms with Gasteiger partial charge in [-0.1, -0.05) is 0 Å². The fraction of sp³-hybridized carbons (Fsp3) is 0.562. The summed E-state index contributed by atoms with van der Waals surface area (Å²) in [7, 11) is 2.76. The zero-order valence-corrected chi connectivity index (χ0v) is 14.1. The van der Waals surface area contributed by atoms with E-state index in [1.54, 1.807) is 29.2 Å². The summed E-state index contributed by atoms with van der Waals surface area (Å²) in [4.78, 5) is 14.9. The Morgan fingerprint density at radius 1 is 1.24 bits per heavy atom. The summed E-state index contributed by atoms with van der Waals surface area (Å²) in [5.41, 5.74) is 7.31. The van der Waals surface area contributed by atoms with E-state index >= 15 is 0 Å². The number of rotatable bonds is 5. The lowest BCUT2D eigenvalue weighted by Gasteiger charge is -2.45. The molecule has 2 rings (SSSR count). The highest BCUT2D eigenvalue weighted by Gasteiger charge is 2.35. The number of benzene rings is 1. The highest BCUT2D eigenvalue weighted by Crippen LogP contribution is 2.25. The summed E-state index contributed by atoms with van der Waals surface area (Å²) in [5.74, 6) is -0.442. The van der Waals surface area contributed by atoms with Crippen molar-refractivity contribution in [2.24, 2.45) is 5.73 Å². The first-order chi connectivity index (χ1) is 11.7. The highest BCUT2D eigenvalue weighted by atomic mass is 19.4. The fourth-order valence-electron chi connectivity index (χ4n) is 2.81. The zero-order chi connectivity index (χ0) is 18.6. The van der Waals surface area contributed by atoms with Crippen LogP contribution in [0.5, 0.6) is 0 Å². The molecule has 1 aliphatic rings. The van der Waals surface area contributed by atoms with E-state index < -0.39 is 31.0 Å². The molecule has 0 bridgehead atoms. The van der Waals surface area contributed by atoms with Gasteiger partial charge >= 0.3 is 12.1 Å². The summed E-state index contributed by atoms with van der Waals surface area (Å²) in [5, 5.41) is 0. The minimum atomic E-state index is -4.22. The van der Waals surface area contributed by atoms with Crippen LogP contribution < -0.4 is 10.6 Å². The maximum Gasteiger partial charge on any atom is 0.390 e. The van der Waals surface area contributed by atoms with E-state index in [1.165, 1.54) is 14.2 Å². The molecule has 2 N–H and O–H groups in total. The van der Waals surface area contributed by atoms with E-state index in [1.807, 2.05) is 4.90 Å². The van der Waals surface area contributed by atoms with Crippen LogP contribution in [0.25, 0.3) is 0 Å². The van der Waals surface area contributed by atoms with Gasteiger partial charge in [0.25, 0.3) is 0 Å². The third-order valence-electron chi connectivity index (χ3n) is 4.16. The molecule has 25 heavy (non-hydrogen) atoms. The Hall–Kier alpha value is -1.84. The van der Waals surface area contributed by atoms with Crippen LogP contribution in [0.3, 0.4) is 0 Å². The van der Waals surface area contributed by atoms with Crippen LogP contribution in [0, 0.1) is 0 Å². The van der Waals surface area contributed by atoms with Crippen LogP contribution in [0.1, 0.15) is 16.8 Å². The number of ether oxygens (including phenoxy) is 2. The SMILES string of the molecule is COC(=O)c1ccc(N2CC(OC)N(CCC(F)(F)F)CC2N)cc1. The molecule has 0 aromatic heterocycles. The Morgan fingerprint density at radius 2 is 1.88 bits per heavy atom. The first-order valence-electron chi connectivity index (χ1n) is 7.79. The number of methoxy groups -OCH3 is 2. The summed E-state index contributed by atoms with van der Waals surface area (Å²) in [6.45, 7) is 0.408. The molecule has 0 aliphatic carbocycles. The molecule has 140 valence electrons. The van der Waals surface area contributed by atoms with Crippen LogP contribution in [-0.4, -0.2) is 63.3 Å². The molecular formula is C16H22F3N3O3. The normalized spacial score (nSPS) is 22.1. The van der Waals surface area contributed by atoms with Crippen LogP contribution in [0.4, 0.5) is 18.9 Å². The van der Waals surface area contributed by atoms with Gasteiger partial charge in [-0.05, 0) is 24.3 Å². The number of hydrogen-bond donors (Lipinski definition) is 1. The number of nitrogens with zero attached hydrogens (tertiary/aromatic N) is 2. The van der Waals surface area contributed by atoms with Crippen molar-refractivity contribution in [2.45, 2.75) is 25.0 Å². The number of alkyl halides is 3. The number of anilines is 1. The fourth-order valence-corrected chi connectivity index (χ4v) is 2.81. The van der Waals surface area contributed by atoms with E-state index in [0.717, 1.165) is 5.69 Å². The van der Waals surface area contributed by atoms with Crippen molar-refractivity contribution in [1.82, 2.24) is 4.90 Å². The predicted octanol–water partition coefficient (Wildman–Crippen LogP) is 1.80. The second kappa shape index (κ2) is 8.03. The molecule has 1 saturated heterocycles. The number of esters is 1. The lowest BCUT2D eigenvalue weighted by molar-refractivity contribution is -0.146. The van der Waals surface area contributed by atoms with Crippen LogP contribution in [0.2, 0.25) is 0 Å². The monoisotopic (exact) mass is 361 g/mol. The summed E-state index contributed by atoms with van der Waals surface area (Å²) >= 11 is 0. The first kappa shape index (κ1) is 19.5. The number of halogens is 3. The van der Waals surface area contributed by atoms with E-state index in [-0.39, 0.29) is 13.1 Å². The number of hydrogen-bond acceptors (Lipinski definition) is 6. The molecule has 9 heteroatoms. The van der Waals surface area contributed by atoms with E-state index in [4.69, 9.17) is 10.5 Å².